The van der Waals surface area contributed by atoms with Crippen LogP contribution >= 0.6 is 0 Å². The smallest absolute Gasteiger partial charge is 0.226 e. The van der Waals surface area contributed by atoms with Crippen molar-refractivity contribution >= 4 is 0 Å². The molecule has 2 atom stereocenters. The van der Waals surface area contributed by atoms with Crippen LogP contribution in [0.1, 0.15) is 54.7 Å². The molecule has 2 aromatic carbocycles. The zero-order valence-electron chi connectivity index (χ0n) is 18.7. The van der Waals surface area contributed by atoms with Gasteiger partial charge >= 0.3 is 0 Å². The van der Waals surface area contributed by atoms with Crippen molar-refractivity contribution in [3.63, 3.8) is 0 Å². The molecule has 0 saturated heterocycles. The molecular weight excluding hydrogens is 386 g/mol. The van der Waals surface area contributed by atoms with Gasteiger partial charge in [-0.05, 0) is 70.1 Å². The summed E-state index contributed by atoms with van der Waals surface area (Å²) in [6.45, 7) is 5.35. The fourth-order valence-electron chi connectivity index (χ4n) is 4.24. The molecule has 0 amide bonds. The van der Waals surface area contributed by atoms with E-state index in [0.29, 0.717) is 18.6 Å². The van der Waals surface area contributed by atoms with Gasteiger partial charge in [0.1, 0.15) is 11.5 Å². The molecule has 1 heterocycles. The Morgan fingerprint density at radius 2 is 1.77 bits per heavy atom. The van der Waals surface area contributed by atoms with Gasteiger partial charge < -0.3 is 13.9 Å². The lowest BCUT2D eigenvalue weighted by molar-refractivity contribution is -0.0514. The molecule has 0 bridgehead atoms. The zero-order chi connectivity index (χ0) is 21.5. The lowest BCUT2D eigenvalue weighted by Gasteiger charge is -2.29. The summed E-state index contributed by atoms with van der Waals surface area (Å²) in [6, 6.07) is 18.8. The van der Waals surface area contributed by atoms with Gasteiger partial charge in [0.25, 0.3) is 0 Å². The van der Waals surface area contributed by atoms with Crippen LogP contribution in [0.15, 0.2) is 59.0 Å². The fourth-order valence-corrected chi connectivity index (χ4v) is 4.24. The molecule has 1 aliphatic rings. The fraction of sp³-hybridized carbons (Fsp3) is 0.444. The van der Waals surface area contributed by atoms with Crippen molar-refractivity contribution < 1.29 is 13.9 Å². The lowest BCUT2D eigenvalue weighted by atomic mass is 9.95. The van der Waals surface area contributed by atoms with Crippen LogP contribution in [-0.2, 0) is 22.5 Å². The third-order valence-electron chi connectivity index (χ3n) is 6.00. The molecule has 0 radical (unpaired) electrons. The van der Waals surface area contributed by atoms with E-state index in [1.807, 2.05) is 19.1 Å². The highest BCUT2D eigenvalue weighted by atomic mass is 16.5. The van der Waals surface area contributed by atoms with Gasteiger partial charge in [-0.25, -0.2) is 4.98 Å². The number of benzene rings is 2. The second-order valence-corrected chi connectivity index (χ2v) is 8.57. The van der Waals surface area contributed by atoms with Crippen LogP contribution in [0.2, 0.25) is 0 Å². The van der Waals surface area contributed by atoms with E-state index in [1.54, 1.807) is 0 Å². The molecule has 1 aliphatic carbocycles. The van der Waals surface area contributed by atoms with E-state index >= 15 is 0 Å². The molecule has 1 fully saturated rings. The van der Waals surface area contributed by atoms with Crippen molar-refractivity contribution in [3.05, 3.63) is 77.2 Å². The Morgan fingerprint density at radius 1 is 0.968 bits per heavy atom. The molecule has 0 aliphatic heterocycles. The zero-order valence-corrected chi connectivity index (χ0v) is 18.7. The lowest BCUT2D eigenvalue weighted by Crippen LogP contribution is -2.28. The quantitative estimate of drug-likeness (QED) is 0.375. The van der Waals surface area contributed by atoms with Gasteiger partial charge in [0.15, 0.2) is 0 Å². The average Bonchev–Trinajstić information content (AvgIpc) is 3.17. The van der Waals surface area contributed by atoms with Gasteiger partial charge in [0, 0.05) is 12.2 Å². The molecule has 0 unspecified atom stereocenters. The summed E-state index contributed by atoms with van der Waals surface area (Å²) in [5.74, 6) is 1.50. The maximum atomic E-state index is 6.23. The third-order valence-corrected chi connectivity index (χ3v) is 6.00. The van der Waals surface area contributed by atoms with Gasteiger partial charge in [-0.1, -0.05) is 48.0 Å². The van der Waals surface area contributed by atoms with Crippen molar-refractivity contribution in [2.75, 3.05) is 6.61 Å². The van der Waals surface area contributed by atoms with Crippen LogP contribution in [-0.4, -0.2) is 23.8 Å². The molecule has 4 rings (SSSR count). The Labute approximate surface area is 185 Å². The normalized spacial score (nSPS) is 18.9. The summed E-state index contributed by atoms with van der Waals surface area (Å²) in [4.78, 5) is 4.69. The maximum Gasteiger partial charge on any atom is 0.226 e. The predicted octanol–water partition coefficient (Wildman–Crippen LogP) is 6.44. The minimum Gasteiger partial charge on any atom is -0.441 e. The van der Waals surface area contributed by atoms with Gasteiger partial charge in [-0.15, -0.1) is 0 Å². The third kappa shape index (κ3) is 6.28. The number of aryl methyl sites for hydroxylation is 3. The highest BCUT2D eigenvalue weighted by Gasteiger charge is 2.24. The molecule has 4 heteroatoms. The first-order chi connectivity index (χ1) is 15.2. The molecule has 164 valence electrons. The van der Waals surface area contributed by atoms with Gasteiger partial charge in [0.05, 0.1) is 18.8 Å². The number of rotatable bonds is 9. The molecule has 3 aromatic rings. The second kappa shape index (κ2) is 10.7. The van der Waals surface area contributed by atoms with E-state index in [1.165, 1.54) is 11.1 Å². The Kier molecular flexibility index (Phi) is 7.55. The van der Waals surface area contributed by atoms with Crippen molar-refractivity contribution in [2.45, 2.75) is 71.2 Å². The monoisotopic (exact) mass is 419 g/mol. The Balaban J connectivity index is 1.23. The largest absolute Gasteiger partial charge is 0.441 e. The molecule has 4 nitrogen and oxygen atoms in total. The number of oxazole rings is 1. The summed E-state index contributed by atoms with van der Waals surface area (Å²) in [6.07, 6.45) is 7.00. The topological polar surface area (TPSA) is 44.5 Å². The van der Waals surface area contributed by atoms with E-state index in [0.717, 1.165) is 62.1 Å². The van der Waals surface area contributed by atoms with E-state index in [2.05, 4.69) is 49.4 Å². The van der Waals surface area contributed by atoms with Gasteiger partial charge in [-0.2, -0.15) is 0 Å². The van der Waals surface area contributed by atoms with Gasteiger partial charge in [-0.3, -0.25) is 0 Å². The summed E-state index contributed by atoms with van der Waals surface area (Å²) < 4.78 is 18.3. The summed E-state index contributed by atoms with van der Waals surface area (Å²) in [7, 11) is 0. The molecule has 0 N–H and O–H groups in total. The number of aromatic nitrogens is 1. The van der Waals surface area contributed by atoms with Crippen LogP contribution < -0.4 is 0 Å². The van der Waals surface area contributed by atoms with Crippen molar-refractivity contribution in [3.8, 4) is 11.5 Å². The Morgan fingerprint density at radius 3 is 2.58 bits per heavy atom. The minimum atomic E-state index is 0.228. The van der Waals surface area contributed by atoms with Crippen LogP contribution in [0.3, 0.4) is 0 Å². The minimum absolute atomic E-state index is 0.228. The maximum absolute atomic E-state index is 6.23. The van der Waals surface area contributed by atoms with E-state index in [-0.39, 0.29) is 6.10 Å². The Bertz CT molecular complexity index is 950. The van der Waals surface area contributed by atoms with E-state index in [9.17, 15) is 0 Å². The first-order valence-corrected chi connectivity index (χ1v) is 11.5. The molecule has 1 aromatic heterocycles. The summed E-state index contributed by atoms with van der Waals surface area (Å²) in [5, 5.41) is 0. The number of nitrogens with zero attached hydrogens (tertiary/aromatic N) is 1. The summed E-state index contributed by atoms with van der Waals surface area (Å²) >= 11 is 0. The van der Waals surface area contributed by atoms with E-state index in [4.69, 9.17) is 18.9 Å². The SMILES string of the molecule is Cc1cccc(-c2nc(CO[C@H]3CCC[C@@H](OCCCc4ccccc4)C3)c(C)o2)c1. The number of ether oxygens (including phenoxy) is 2. The number of hydrogen-bond acceptors (Lipinski definition) is 4. The standard InChI is InChI=1S/C27H33NO3/c1-20-9-6-13-23(17-20)27-28-26(21(2)31-27)19-30-25-15-7-14-24(18-25)29-16-8-12-22-10-4-3-5-11-22/h3-6,9-11,13,17,24-25H,7-8,12,14-16,18-19H2,1-2H3/t24-,25+/m1/s1. The van der Waals surface area contributed by atoms with Crippen molar-refractivity contribution in [2.24, 2.45) is 0 Å². The first-order valence-electron chi connectivity index (χ1n) is 11.5. The predicted molar refractivity (Wildman–Crippen MR) is 123 cm³/mol. The molecular formula is C27H33NO3. The molecule has 0 spiro atoms. The first kappa shape index (κ1) is 21.8. The second-order valence-electron chi connectivity index (χ2n) is 8.57. The average molecular weight is 420 g/mol. The van der Waals surface area contributed by atoms with E-state index < -0.39 is 0 Å². The van der Waals surface area contributed by atoms with Crippen LogP contribution in [0, 0.1) is 13.8 Å². The number of hydrogen-bond donors (Lipinski definition) is 0. The highest BCUT2D eigenvalue weighted by molar-refractivity contribution is 5.54. The van der Waals surface area contributed by atoms with Gasteiger partial charge in [0.2, 0.25) is 5.89 Å². The van der Waals surface area contributed by atoms with Crippen LogP contribution in [0.5, 0.6) is 0 Å². The van der Waals surface area contributed by atoms with Crippen LogP contribution in [0.4, 0.5) is 0 Å². The molecule has 31 heavy (non-hydrogen) atoms. The highest BCUT2D eigenvalue weighted by Crippen LogP contribution is 2.27. The molecule has 1 saturated carbocycles. The Hall–Kier alpha value is -2.43. The van der Waals surface area contributed by atoms with Crippen molar-refractivity contribution in [1.82, 2.24) is 4.98 Å². The van der Waals surface area contributed by atoms with Crippen LogP contribution in [0.25, 0.3) is 11.5 Å². The van der Waals surface area contributed by atoms with Crippen molar-refractivity contribution in [1.29, 1.82) is 0 Å². The summed E-state index contributed by atoms with van der Waals surface area (Å²) in [5.41, 5.74) is 4.48.